The second-order valence-corrected chi connectivity index (χ2v) is 34.2. The van der Waals surface area contributed by atoms with E-state index in [1.54, 1.807) is 121 Å². The van der Waals surface area contributed by atoms with E-state index in [0.717, 1.165) is 11.2 Å². The van der Waals surface area contributed by atoms with Crippen LogP contribution in [0.3, 0.4) is 0 Å². The number of thioether (sulfide) groups is 3. The summed E-state index contributed by atoms with van der Waals surface area (Å²) in [5.41, 5.74) is -1.64. The van der Waals surface area contributed by atoms with Crippen LogP contribution in [0.4, 0.5) is 68.0 Å². The third kappa shape index (κ3) is 31.4. The summed E-state index contributed by atoms with van der Waals surface area (Å²) in [5.74, 6) is -7.01. The lowest BCUT2D eigenvalue weighted by Crippen LogP contribution is -2.47. The van der Waals surface area contributed by atoms with Gasteiger partial charge in [0, 0.05) is 134 Å². The van der Waals surface area contributed by atoms with Gasteiger partial charge >= 0.3 is 12.2 Å². The fourth-order valence-electron chi connectivity index (χ4n) is 11.7. The molecule has 34 nitrogen and oxygen atoms in total. The summed E-state index contributed by atoms with van der Waals surface area (Å²) in [6.07, 6.45) is 11.3. The Morgan fingerprint density at radius 1 is 0.487 bits per heavy atom. The Kier molecular flexibility index (Phi) is 33.0. The number of nitrogens with zero attached hydrogens (tertiary/aromatic N) is 22. The minimum Gasteiger partial charge on any atom is -0.469 e. The van der Waals surface area contributed by atoms with Gasteiger partial charge in [-0.05, 0) is 112 Å². The third-order valence-electron chi connectivity index (χ3n) is 17.3. The number of amides is 2. The number of aliphatic hydroxyl groups is 1. The molecule has 0 aromatic carbocycles. The summed E-state index contributed by atoms with van der Waals surface area (Å²) in [7, 11) is 3.05. The predicted octanol–water partition coefficient (Wildman–Crippen LogP) is 13.2. The van der Waals surface area contributed by atoms with Gasteiger partial charge in [0.25, 0.3) is 5.16 Å². The average Bonchev–Trinajstić information content (AvgIpc) is 1.43. The maximum atomic E-state index is 13.8. The van der Waals surface area contributed by atoms with Gasteiger partial charge in [0.1, 0.15) is 71.5 Å². The first-order chi connectivity index (χ1) is 54.8. The summed E-state index contributed by atoms with van der Waals surface area (Å²) in [5, 5.41) is 32.2. The van der Waals surface area contributed by atoms with Crippen LogP contribution < -0.4 is 34.6 Å². The lowest BCUT2D eigenvalue weighted by molar-refractivity contribution is -0.0392. The normalized spacial score (nSPS) is 16.9. The van der Waals surface area contributed by atoms with E-state index in [0.29, 0.717) is 87.1 Å². The molecule has 8 aromatic heterocycles. The molecule has 0 radical (unpaired) electrons. The zero-order valence-corrected chi connectivity index (χ0v) is 71.1. The molecule has 0 saturated heterocycles. The minimum absolute atomic E-state index is 0.0154. The molecule has 4 saturated carbocycles. The van der Waals surface area contributed by atoms with Gasteiger partial charge in [-0.25, -0.2) is 98.0 Å². The van der Waals surface area contributed by atoms with E-state index < -0.39 is 87.0 Å². The first kappa shape index (κ1) is 93.6. The van der Waals surface area contributed by atoms with E-state index in [1.807, 2.05) is 12.5 Å². The fourth-order valence-corrected chi connectivity index (χ4v) is 13.6. The first-order valence-corrected chi connectivity index (χ1v) is 42.8. The number of sulfone groups is 1. The Morgan fingerprint density at radius 3 is 1.13 bits per heavy atom. The molecule has 0 spiro atoms. The second-order valence-electron chi connectivity index (χ2n) is 29.6. The van der Waals surface area contributed by atoms with Gasteiger partial charge in [-0.2, -0.15) is 35.3 Å². The van der Waals surface area contributed by atoms with Gasteiger partial charge in [0.2, 0.25) is 51.2 Å². The first-order valence-electron chi connectivity index (χ1n) is 36.8. The maximum absolute atomic E-state index is 13.8. The van der Waals surface area contributed by atoms with E-state index in [9.17, 15) is 53.1 Å². The molecule has 644 valence electrons. The van der Waals surface area contributed by atoms with Crippen molar-refractivity contribution in [3.63, 3.8) is 0 Å². The van der Waals surface area contributed by atoms with Crippen molar-refractivity contribution in [3.8, 4) is 17.6 Å². The Labute approximate surface area is 689 Å². The van der Waals surface area contributed by atoms with Crippen LogP contribution in [-0.4, -0.2) is 209 Å². The van der Waals surface area contributed by atoms with Gasteiger partial charge in [-0.3, -0.25) is 28.5 Å². The zero-order valence-electron chi connectivity index (χ0n) is 67.1. The molecule has 3 N–H and O–H groups in total. The number of alkyl halides is 8. The van der Waals surface area contributed by atoms with Crippen LogP contribution in [0.25, 0.3) is 0 Å². The second kappa shape index (κ2) is 41.2. The molecule has 47 heteroatoms. The highest BCUT2D eigenvalue weighted by atomic mass is 35.5. The van der Waals surface area contributed by atoms with Gasteiger partial charge < -0.3 is 39.4 Å². The molecule has 8 aromatic rings. The highest BCUT2D eigenvalue weighted by Gasteiger charge is 2.44. The topological polar surface area (TPSA) is 391 Å². The van der Waals surface area contributed by atoms with Crippen molar-refractivity contribution in [2.75, 3.05) is 45.5 Å². The van der Waals surface area contributed by atoms with Crippen LogP contribution in [0.5, 0.6) is 17.6 Å². The Bertz CT molecular complexity index is 4640. The average molecular weight is 1750 g/mol. The lowest BCUT2D eigenvalue weighted by Gasteiger charge is -2.37. The molecule has 0 aliphatic heterocycles. The molecular formula is C70H97ClF8N24O10S4. The van der Waals surface area contributed by atoms with E-state index >= 15 is 0 Å². The number of carbonyl (C=O) groups is 2. The number of aryl methyl sites for hydroxylation is 4. The maximum Gasteiger partial charge on any atom is 0.416 e. The molecule has 4 aliphatic rings. The molecule has 8 heterocycles. The van der Waals surface area contributed by atoms with Gasteiger partial charge in [-0.1, -0.05) is 46.9 Å². The smallest absolute Gasteiger partial charge is 0.416 e. The monoisotopic (exact) mass is 1750 g/mol. The number of anilines is 4. The van der Waals surface area contributed by atoms with Crippen molar-refractivity contribution in [2.24, 2.45) is 28.2 Å². The molecule has 117 heavy (non-hydrogen) atoms. The van der Waals surface area contributed by atoms with Crippen LogP contribution >= 0.6 is 46.9 Å². The summed E-state index contributed by atoms with van der Waals surface area (Å²) in [6.45, 7) is 10.3. The molecule has 2 amide bonds. The minimum atomic E-state index is -3.91. The number of ether oxygens (including phenoxy) is 5. The number of hydrogen-bond donors (Lipinski definition) is 3. The summed E-state index contributed by atoms with van der Waals surface area (Å²) in [6, 6.07) is 4.94. The van der Waals surface area contributed by atoms with Crippen molar-refractivity contribution < 1.29 is 81.9 Å². The number of aliphatic hydroxyl groups excluding tert-OH is 1. The van der Waals surface area contributed by atoms with Crippen LogP contribution in [0.1, 0.15) is 168 Å². The standard InChI is InChI=1S/C20H28F2N6O5S.C20H28F2N6O3S.C15H20F2N6OS.C11H14ClF2N3S.C4H7N3O/c1-19(2,3)33-18(29)28(13-6-8-20(21,22)9-7-13)15-10-16(25-17(24-15)34(5,30)31)32-11-14-23-12-27(4)26-14;1-19(2,3)31-18(29)28(13-6-8-20(21,22)9-7-13)15-10-16(25-17(24-15)32-5)30-11-14-23-12-27(4)26-14;1-23-9-18-12(22-23)8-24-13-7-11(20-14(21-13)25-2)19-10-3-5-15(16,17)6-4-10;1-18-10-16-8(12)6-9(17-10)15-7-2-4-11(13,14)5-3-7;1-7-3-5-4(2-8)6-7/h10,12-13H,6-9,11H2,1-5H3;10,12-13H,6-9,11H2,1-5H3;7,9-10H,3-6,8H2,1-2H3,(H,19,20,21);6-7H,2-5H2,1H3,(H,15,16,17);3,8H,2H2,1H3. The van der Waals surface area contributed by atoms with Gasteiger partial charge in [0.15, 0.2) is 58.6 Å². The van der Waals surface area contributed by atoms with Crippen molar-refractivity contribution in [2.45, 2.75) is 250 Å². The number of aromatic nitrogens is 20. The SMILES string of the molecule is CSc1nc(Cl)cc(NC2CCC(F)(F)CC2)n1.CSc1nc(NC2CCC(F)(F)CC2)cc(OCc2ncn(C)n2)n1.CSc1nc(OCc2ncn(C)n2)cc(N(C(=O)OC(C)(C)C)C2CCC(F)(F)CC2)n1.Cn1cnc(CO)n1.Cn1cnc(COc2cc(N(C(=O)OC(C)(C)C)C3CCC(F)(F)CC3)nc(S(C)(=O)=O)n2)n1. The number of hydrogen-bond acceptors (Lipinski definition) is 31. The van der Waals surface area contributed by atoms with Crippen molar-refractivity contribution in [1.29, 1.82) is 0 Å². The summed E-state index contributed by atoms with van der Waals surface area (Å²) < 4.78 is 166. The molecule has 0 atom stereocenters. The number of rotatable bonds is 22. The van der Waals surface area contributed by atoms with Gasteiger partial charge in [-0.15, -0.1) is 0 Å². The Morgan fingerprint density at radius 2 is 0.803 bits per heavy atom. The van der Waals surface area contributed by atoms with E-state index in [4.69, 9.17) is 40.4 Å². The zero-order chi connectivity index (χ0) is 85.8. The predicted molar refractivity (Wildman–Crippen MR) is 418 cm³/mol. The molecule has 4 fully saturated rings. The van der Waals surface area contributed by atoms with Gasteiger partial charge in [0.05, 0.1) is 0 Å². The number of halogens is 9. The highest BCUT2D eigenvalue weighted by Crippen LogP contribution is 2.41. The highest BCUT2D eigenvalue weighted by molar-refractivity contribution is 7.98. The number of nitrogens with one attached hydrogen (secondary N) is 2. The van der Waals surface area contributed by atoms with Crippen molar-refractivity contribution in [1.82, 2.24) is 98.9 Å². The largest absolute Gasteiger partial charge is 0.469 e. The third-order valence-corrected chi connectivity index (χ3v) is 19.9. The van der Waals surface area contributed by atoms with Crippen LogP contribution in [0.15, 0.2) is 70.2 Å². The summed E-state index contributed by atoms with van der Waals surface area (Å²) >= 11 is 9.92. The molecule has 4 aliphatic carbocycles. The molecular weight excluding hydrogens is 1650 g/mol. The molecule has 0 bridgehead atoms. The van der Waals surface area contributed by atoms with Crippen LogP contribution in [0.2, 0.25) is 5.15 Å². The quantitative estimate of drug-likeness (QED) is 0.0245. The molecule has 12 rings (SSSR count). The van der Waals surface area contributed by atoms with Crippen molar-refractivity contribution >= 4 is 92.2 Å². The van der Waals surface area contributed by atoms with E-state index in [1.165, 1.54) is 63.3 Å². The van der Waals surface area contributed by atoms with E-state index in [2.05, 4.69) is 90.8 Å². The van der Waals surface area contributed by atoms with E-state index in [-0.39, 0.29) is 126 Å². The molecule has 0 unspecified atom stereocenters. The summed E-state index contributed by atoms with van der Waals surface area (Å²) in [4.78, 5) is 78.4. The number of carbonyl (C=O) groups excluding carboxylic acids is 2. The fraction of sp³-hybridized carbons (Fsp3) is 0.629. The Hall–Kier alpha value is -8.89. The van der Waals surface area contributed by atoms with Crippen molar-refractivity contribution in [3.05, 3.63) is 78.0 Å². The van der Waals surface area contributed by atoms with Crippen LogP contribution in [0, 0.1) is 0 Å². The van der Waals surface area contributed by atoms with Crippen LogP contribution in [-0.2, 0) is 73.9 Å². The lowest BCUT2D eigenvalue weighted by atomic mass is 9.91. The Balaban J connectivity index is 0.000000192.